The van der Waals surface area contributed by atoms with Gasteiger partial charge in [0, 0.05) is 17.7 Å². The van der Waals surface area contributed by atoms with Crippen LogP contribution in [0.5, 0.6) is 11.5 Å². The van der Waals surface area contributed by atoms with Gasteiger partial charge in [-0.2, -0.15) is 0 Å². The number of nitrogens with one attached hydrogen (secondary N) is 1. The Morgan fingerprint density at radius 2 is 1.69 bits per heavy atom. The number of fused-ring (bicyclic) bond motifs is 1. The van der Waals surface area contributed by atoms with Crippen molar-refractivity contribution in [1.82, 2.24) is 0 Å². The monoisotopic (exact) mass is 351 g/mol. The quantitative estimate of drug-likeness (QED) is 0.886. The zero-order valence-electron chi connectivity index (χ0n) is 15.5. The van der Waals surface area contributed by atoms with Crippen LogP contribution in [0, 0.1) is 5.92 Å². The summed E-state index contributed by atoms with van der Waals surface area (Å²) in [4.78, 5) is 12.6. The van der Waals surface area contributed by atoms with Crippen LogP contribution < -0.4 is 14.8 Å². The summed E-state index contributed by atoms with van der Waals surface area (Å²) in [7, 11) is 0. The van der Waals surface area contributed by atoms with E-state index >= 15 is 0 Å². The van der Waals surface area contributed by atoms with Gasteiger partial charge in [0.1, 0.15) is 13.2 Å². The molecule has 1 amide bonds. The normalized spacial score (nSPS) is 21.2. The van der Waals surface area contributed by atoms with Crippen molar-refractivity contribution in [2.45, 2.75) is 38.5 Å². The predicted molar refractivity (Wildman–Crippen MR) is 102 cm³/mol. The summed E-state index contributed by atoms with van der Waals surface area (Å²) in [6.07, 6.45) is 0.908. The van der Waals surface area contributed by atoms with Crippen LogP contribution in [-0.4, -0.2) is 19.1 Å². The Labute approximate surface area is 154 Å². The van der Waals surface area contributed by atoms with E-state index in [0.717, 1.165) is 17.9 Å². The van der Waals surface area contributed by atoms with Gasteiger partial charge < -0.3 is 14.8 Å². The largest absolute Gasteiger partial charge is 0.486 e. The highest BCUT2D eigenvalue weighted by atomic mass is 16.6. The summed E-state index contributed by atoms with van der Waals surface area (Å²) in [5.74, 6) is 1.87. The number of rotatable bonds is 3. The number of carbonyl (C=O) groups is 1. The Balaban J connectivity index is 1.40. The lowest BCUT2D eigenvalue weighted by molar-refractivity contribution is -0.117. The van der Waals surface area contributed by atoms with E-state index in [4.69, 9.17) is 9.47 Å². The van der Waals surface area contributed by atoms with Crippen LogP contribution in [0.4, 0.5) is 5.69 Å². The summed E-state index contributed by atoms with van der Waals surface area (Å²) >= 11 is 0. The van der Waals surface area contributed by atoms with E-state index in [0.29, 0.717) is 24.9 Å². The molecular weight excluding hydrogens is 326 g/mol. The van der Waals surface area contributed by atoms with E-state index in [-0.39, 0.29) is 17.2 Å². The lowest BCUT2D eigenvalue weighted by Gasteiger charge is -2.19. The number of amides is 1. The molecule has 4 nitrogen and oxygen atoms in total. The highest BCUT2D eigenvalue weighted by Gasteiger charge is 2.44. The highest BCUT2D eigenvalue weighted by molar-refractivity contribution is 5.95. The highest BCUT2D eigenvalue weighted by Crippen LogP contribution is 2.48. The maximum atomic E-state index is 12.6. The Kier molecular flexibility index (Phi) is 4.14. The van der Waals surface area contributed by atoms with Crippen molar-refractivity contribution in [3.05, 3.63) is 53.6 Å². The predicted octanol–water partition coefficient (Wildman–Crippen LogP) is 4.50. The van der Waals surface area contributed by atoms with Crippen LogP contribution in [0.15, 0.2) is 42.5 Å². The Morgan fingerprint density at radius 3 is 2.38 bits per heavy atom. The SMILES string of the molecule is CC(C)(C)c1ccc([C@@H]2C[C@H]2C(=O)Nc2ccc3c(c2)OCCO3)cc1. The van der Waals surface area contributed by atoms with Gasteiger partial charge in [0.25, 0.3) is 0 Å². The molecule has 0 saturated heterocycles. The number of carbonyl (C=O) groups excluding carboxylic acids is 1. The molecule has 0 unspecified atom stereocenters. The van der Waals surface area contributed by atoms with Crippen molar-refractivity contribution in [3.8, 4) is 11.5 Å². The Bertz CT molecular complexity index is 820. The molecule has 1 N–H and O–H groups in total. The van der Waals surface area contributed by atoms with Gasteiger partial charge in [0.2, 0.25) is 5.91 Å². The molecule has 0 bridgehead atoms. The van der Waals surface area contributed by atoms with Gasteiger partial charge in [-0.05, 0) is 41.0 Å². The first-order chi connectivity index (χ1) is 12.4. The molecule has 2 atom stereocenters. The van der Waals surface area contributed by atoms with Crippen LogP contribution in [0.1, 0.15) is 44.2 Å². The maximum Gasteiger partial charge on any atom is 0.228 e. The molecule has 1 heterocycles. The van der Waals surface area contributed by atoms with E-state index in [1.165, 1.54) is 11.1 Å². The average molecular weight is 351 g/mol. The third-order valence-corrected chi connectivity index (χ3v) is 5.14. The summed E-state index contributed by atoms with van der Waals surface area (Å²) in [5, 5.41) is 3.01. The second kappa shape index (κ2) is 6.35. The van der Waals surface area contributed by atoms with E-state index in [2.05, 4.69) is 50.4 Å². The molecule has 1 aliphatic heterocycles. The molecule has 0 spiro atoms. The zero-order chi connectivity index (χ0) is 18.3. The van der Waals surface area contributed by atoms with Gasteiger partial charge in [-0.3, -0.25) is 4.79 Å². The maximum absolute atomic E-state index is 12.6. The first kappa shape index (κ1) is 17.0. The number of benzene rings is 2. The lowest BCUT2D eigenvalue weighted by atomic mass is 9.86. The zero-order valence-corrected chi connectivity index (χ0v) is 15.5. The molecule has 1 aliphatic carbocycles. The van der Waals surface area contributed by atoms with Crippen LogP contribution in [0.25, 0.3) is 0 Å². The molecule has 26 heavy (non-hydrogen) atoms. The summed E-state index contributed by atoms with van der Waals surface area (Å²) < 4.78 is 11.1. The van der Waals surface area contributed by atoms with Crippen molar-refractivity contribution < 1.29 is 14.3 Å². The molecule has 1 fully saturated rings. The Morgan fingerprint density at radius 1 is 1.00 bits per heavy atom. The number of hydrogen-bond donors (Lipinski definition) is 1. The minimum Gasteiger partial charge on any atom is -0.486 e. The van der Waals surface area contributed by atoms with E-state index < -0.39 is 0 Å². The van der Waals surface area contributed by atoms with Crippen molar-refractivity contribution in [2.24, 2.45) is 5.92 Å². The van der Waals surface area contributed by atoms with Crippen molar-refractivity contribution in [3.63, 3.8) is 0 Å². The number of hydrogen-bond acceptors (Lipinski definition) is 3. The minimum absolute atomic E-state index is 0.0451. The summed E-state index contributed by atoms with van der Waals surface area (Å²) in [6, 6.07) is 14.3. The van der Waals surface area contributed by atoms with Crippen molar-refractivity contribution >= 4 is 11.6 Å². The molecule has 2 aliphatic rings. The van der Waals surface area contributed by atoms with Crippen LogP contribution in [-0.2, 0) is 10.2 Å². The second-order valence-corrected chi connectivity index (χ2v) is 8.17. The van der Waals surface area contributed by atoms with E-state index in [1.807, 2.05) is 18.2 Å². The van der Waals surface area contributed by atoms with Gasteiger partial charge in [-0.25, -0.2) is 0 Å². The third-order valence-electron chi connectivity index (χ3n) is 5.14. The molecule has 2 aromatic rings. The fourth-order valence-electron chi connectivity index (χ4n) is 3.44. The minimum atomic E-state index is 0.0451. The Hall–Kier alpha value is -2.49. The molecule has 1 saturated carbocycles. The van der Waals surface area contributed by atoms with Gasteiger partial charge >= 0.3 is 0 Å². The van der Waals surface area contributed by atoms with Gasteiger partial charge in [0.15, 0.2) is 11.5 Å². The fourth-order valence-corrected chi connectivity index (χ4v) is 3.44. The average Bonchev–Trinajstić information content (AvgIpc) is 3.42. The van der Waals surface area contributed by atoms with Crippen molar-refractivity contribution in [1.29, 1.82) is 0 Å². The van der Waals surface area contributed by atoms with Crippen LogP contribution in [0.2, 0.25) is 0 Å². The molecule has 2 aromatic carbocycles. The topological polar surface area (TPSA) is 47.6 Å². The molecule has 136 valence electrons. The van der Waals surface area contributed by atoms with E-state index in [1.54, 1.807) is 0 Å². The molecule has 0 radical (unpaired) electrons. The van der Waals surface area contributed by atoms with Crippen LogP contribution >= 0.6 is 0 Å². The molecule has 4 heteroatoms. The van der Waals surface area contributed by atoms with E-state index in [9.17, 15) is 4.79 Å². The standard InChI is InChI=1S/C22H25NO3/c1-22(2,3)15-6-4-14(5-7-15)17-13-18(17)21(24)23-16-8-9-19-20(12-16)26-11-10-25-19/h4-9,12,17-18H,10-11,13H2,1-3H3,(H,23,24)/t17-,18+/m0/s1. The third kappa shape index (κ3) is 3.41. The fraction of sp³-hybridized carbons (Fsp3) is 0.409. The summed E-state index contributed by atoms with van der Waals surface area (Å²) in [6.45, 7) is 7.74. The van der Waals surface area contributed by atoms with Gasteiger partial charge in [-0.1, -0.05) is 45.0 Å². The smallest absolute Gasteiger partial charge is 0.228 e. The first-order valence-corrected chi connectivity index (χ1v) is 9.23. The van der Waals surface area contributed by atoms with Gasteiger partial charge in [-0.15, -0.1) is 0 Å². The lowest BCUT2D eigenvalue weighted by Crippen LogP contribution is -2.17. The first-order valence-electron chi connectivity index (χ1n) is 9.23. The van der Waals surface area contributed by atoms with Gasteiger partial charge in [0.05, 0.1) is 0 Å². The molecular formula is C22H25NO3. The molecule has 0 aromatic heterocycles. The number of anilines is 1. The number of ether oxygens (including phenoxy) is 2. The van der Waals surface area contributed by atoms with Crippen molar-refractivity contribution in [2.75, 3.05) is 18.5 Å². The summed E-state index contributed by atoms with van der Waals surface area (Å²) in [5.41, 5.74) is 3.48. The van der Waals surface area contributed by atoms with Crippen LogP contribution in [0.3, 0.4) is 0 Å². The second-order valence-electron chi connectivity index (χ2n) is 8.17. The molecule has 4 rings (SSSR count).